The Kier molecular flexibility index (Phi) is 4.67. The zero-order valence-electron chi connectivity index (χ0n) is 13.1. The number of thiophene rings is 1. The molecule has 2 N–H and O–H groups in total. The number of hydrogen-bond acceptors (Lipinski definition) is 7. The van der Waals surface area contributed by atoms with Crippen LogP contribution in [0.25, 0.3) is 0 Å². The van der Waals surface area contributed by atoms with E-state index in [1.165, 1.54) is 30.2 Å². The predicted octanol–water partition coefficient (Wildman–Crippen LogP) is 0.202. The topological polar surface area (TPSA) is 113 Å². The summed E-state index contributed by atoms with van der Waals surface area (Å²) in [6.07, 6.45) is 0.525. The lowest BCUT2D eigenvalue weighted by atomic mass is 9.98. The Morgan fingerprint density at radius 3 is 2.88 bits per heavy atom. The highest BCUT2D eigenvalue weighted by molar-refractivity contribution is 8.00. The van der Waals surface area contributed by atoms with Gasteiger partial charge < -0.3 is 15.2 Å². The zero-order valence-corrected chi connectivity index (χ0v) is 14.7. The first kappa shape index (κ1) is 17.6. The van der Waals surface area contributed by atoms with Crippen LogP contribution in [0.1, 0.15) is 4.88 Å². The number of methoxy groups -OCH3 is 1. The predicted molar refractivity (Wildman–Crippen MR) is 89.7 cm³/mol. The number of ether oxygens (including phenoxy) is 1. The summed E-state index contributed by atoms with van der Waals surface area (Å²) in [6, 6.07) is 3.62. The maximum Gasteiger partial charge on any atom is 0.353 e. The number of rotatable bonds is 6. The lowest BCUT2D eigenvalue weighted by Crippen LogP contribution is -2.80. The van der Waals surface area contributed by atoms with Gasteiger partial charge in [-0.15, -0.1) is 23.1 Å². The summed E-state index contributed by atoms with van der Waals surface area (Å²) < 4.78 is 5.30. The molecule has 2 aliphatic heterocycles. The molecule has 1 aromatic heterocycles. The number of carboxylic acids is 1. The Labute approximate surface area is 150 Å². The molecule has 0 aromatic carbocycles. The van der Waals surface area contributed by atoms with E-state index in [0.717, 1.165) is 9.78 Å². The number of carbonyl (C=O) groups is 4. The molecule has 2 aliphatic rings. The third-order valence-corrected chi connectivity index (χ3v) is 6.18. The number of carboxylic acid groups (broad SMARTS) is 1. The standard InChI is InChI=1S/C15H14N2O6S2/c1-23-15(16-10(19)5-9-3-2-4-24-9)13(22)17-11(12(20)21)8(6-18)7-25-14(15)17/h2-4,6,14H,5,7H2,1H3,(H,16,19)(H,20,21)/t14-,15+/m1/s1. The van der Waals surface area contributed by atoms with Gasteiger partial charge >= 0.3 is 5.97 Å². The van der Waals surface area contributed by atoms with Crippen molar-refractivity contribution in [3.05, 3.63) is 33.7 Å². The van der Waals surface area contributed by atoms with Crippen LogP contribution in [0, 0.1) is 0 Å². The van der Waals surface area contributed by atoms with E-state index in [2.05, 4.69) is 5.32 Å². The van der Waals surface area contributed by atoms with Crippen molar-refractivity contribution in [3.63, 3.8) is 0 Å². The Morgan fingerprint density at radius 2 is 2.32 bits per heavy atom. The second-order valence-corrected chi connectivity index (χ2v) is 7.48. The van der Waals surface area contributed by atoms with Crippen LogP contribution in [0.4, 0.5) is 0 Å². The molecule has 3 rings (SSSR count). The van der Waals surface area contributed by atoms with Crippen LogP contribution in [-0.4, -0.2) is 58.0 Å². The largest absolute Gasteiger partial charge is 0.477 e. The average molecular weight is 382 g/mol. The number of β-lactam (4-membered cyclic amide) rings is 1. The SMILES string of the molecule is CO[C@@]1(NC(=O)Cc2cccs2)C(=O)N2C(C(=O)O)=C(C=O)CS[C@@H]21. The van der Waals surface area contributed by atoms with Crippen molar-refractivity contribution in [2.75, 3.05) is 12.9 Å². The third-order valence-electron chi connectivity index (χ3n) is 3.97. The van der Waals surface area contributed by atoms with Crippen molar-refractivity contribution >= 4 is 47.2 Å². The highest BCUT2D eigenvalue weighted by Crippen LogP contribution is 2.46. The lowest BCUT2D eigenvalue weighted by Gasteiger charge is -2.55. The van der Waals surface area contributed by atoms with Crippen LogP contribution in [0.5, 0.6) is 0 Å². The molecule has 2 amide bonds. The zero-order chi connectivity index (χ0) is 18.2. The molecule has 3 heterocycles. The van der Waals surface area contributed by atoms with Gasteiger partial charge in [-0.1, -0.05) is 6.07 Å². The minimum absolute atomic E-state index is 0.0247. The number of aliphatic carboxylic acids is 1. The maximum atomic E-state index is 12.6. The van der Waals surface area contributed by atoms with Gasteiger partial charge in [0.2, 0.25) is 5.91 Å². The lowest BCUT2D eigenvalue weighted by molar-refractivity contribution is -0.192. The fourth-order valence-corrected chi connectivity index (χ4v) is 4.90. The van der Waals surface area contributed by atoms with Crippen molar-refractivity contribution in [3.8, 4) is 0 Å². The van der Waals surface area contributed by atoms with Gasteiger partial charge in [0.15, 0.2) is 0 Å². The molecule has 1 fully saturated rings. The number of carbonyl (C=O) groups excluding carboxylic acids is 3. The summed E-state index contributed by atoms with van der Waals surface area (Å²) in [6.45, 7) is 0. The van der Waals surface area contributed by atoms with Crippen molar-refractivity contribution in [1.29, 1.82) is 0 Å². The van der Waals surface area contributed by atoms with Crippen molar-refractivity contribution < 1.29 is 29.0 Å². The number of fused-ring (bicyclic) bond motifs is 1. The number of hydrogen-bond donors (Lipinski definition) is 2. The van der Waals surface area contributed by atoms with Gasteiger partial charge in [0.25, 0.3) is 11.6 Å². The van der Waals surface area contributed by atoms with Crippen LogP contribution in [-0.2, 0) is 30.3 Å². The third kappa shape index (κ3) is 2.75. The molecule has 8 nitrogen and oxygen atoms in total. The molecular formula is C15H14N2O6S2. The van der Waals surface area contributed by atoms with Crippen LogP contribution in [0.2, 0.25) is 0 Å². The molecule has 25 heavy (non-hydrogen) atoms. The minimum Gasteiger partial charge on any atom is -0.477 e. The number of nitrogens with zero attached hydrogens (tertiary/aromatic N) is 1. The Bertz CT molecular complexity index is 775. The second-order valence-electron chi connectivity index (χ2n) is 5.38. The van der Waals surface area contributed by atoms with E-state index >= 15 is 0 Å². The normalized spacial score (nSPS) is 25.2. The van der Waals surface area contributed by atoms with Crippen LogP contribution in [0.15, 0.2) is 28.8 Å². The highest BCUT2D eigenvalue weighted by Gasteiger charge is 2.66. The first-order chi connectivity index (χ1) is 11.9. The first-order valence-electron chi connectivity index (χ1n) is 7.20. The van der Waals surface area contributed by atoms with Crippen molar-refractivity contribution in [2.24, 2.45) is 0 Å². The molecule has 10 heteroatoms. The minimum atomic E-state index is -1.63. The Balaban J connectivity index is 1.84. The molecule has 1 aromatic rings. The summed E-state index contributed by atoms with van der Waals surface area (Å²) in [5.41, 5.74) is -1.96. The number of nitrogens with one attached hydrogen (secondary N) is 1. The van der Waals surface area contributed by atoms with Crippen molar-refractivity contribution in [1.82, 2.24) is 10.2 Å². The van der Waals surface area contributed by atoms with Gasteiger partial charge in [0, 0.05) is 23.3 Å². The van der Waals surface area contributed by atoms with Gasteiger partial charge in [0.05, 0.1) is 6.42 Å². The van der Waals surface area contributed by atoms with Gasteiger partial charge in [-0.05, 0) is 11.4 Å². The van der Waals surface area contributed by atoms with Gasteiger partial charge in [-0.3, -0.25) is 19.3 Å². The second kappa shape index (κ2) is 6.62. The fraction of sp³-hybridized carbons (Fsp3) is 0.333. The quantitative estimate of drug-likeness (QED) is 0.411. The highest BCUT2D eigenvalue weighted by atomic mass is 32.2. The Hall–Kier alpha value is -2.17. The summed E-state index contributed by atoms with van der Waals surface area (Å²) in [4.78, 5) is 49.3. The van der Waals surface area contributed by atoms with Gasteiger partial charge in [-0.25, -0.2) is 4.79 Å². The van der Waals surface area contributed by atoms with Crippen molar-refractivity contribution in [2.45, 2.75) is 17.5 Å². The molecule has 0 aliphatic carbocycles. The molecule has 0 unspecified atom stereocenters. The molecule has 0 saturated carbocycles. The number of amides is 2. The summed E-state index contributed by atoms with van der Waals surface area (Å²) in [7, 11) is 1.28. The average Bonchev–Trinajstić information content (AvgIpc) is 3.10. The molecule has 1 saturated heterocycles. The summed E-state index contributed by atoms with van der Waals surface area (Å²) >= 11 is 2.58. The van der Waals surface area contributed by atoms with E-state index < -0.39 is 28.9 Å². The first-order valence-corrected chi connectivity index (χ1v) is 9.13. The van der Waals surface area contributed by atoms with Crippen LogP contribution < -0.4 is 5.32 Å². The molecular weight excluding hydrogens is 368 g/mol. The van der Waals surface area contributed by atoms with E-state index in [-0.39, 0.29) is 23.4 Å². The van der Waals surface area contributed by atoms with E-state index in [1.807, 2.05) is 11.4 Å². The Morgan fingerprint density at radius 1 is 1.56 bits per heavy atom. The molecule has 132 valence electrons. The van der Waals surface area contributed by atoms with E-state index in [9.17, 15) is 24.3 Å². The number of thioether (sulfide) groups is 1. The maximum absolute atomic E-state index is 12.6. The van der Waals surface area contributed by atoms with Crippen LogP contribution in [0.3, 0.4) is 0 Å². The fourth-order valence-electron chi connectivity index (χ4n) is 2.82. The molecule has 0 spiro atoms. The van der Waals surface area contributed by atoms with Crippen LogP contribution >= 0.6 is 23.1 Å². The summed E-state index contributed by atoms with van der Waals surface area (Å²) in [5, 5.41) is 13.0. The van der Waals surface area contributed by atoms with Gasteiger partial charge in [0.1, 0.15) is 17.4 Å². The van der Waals surface area contributed by atoms with Gasteiger partial charge in [-0.2, -0.15) is 0 Å². The molecule has 2 atom stereocenters. The smallest absolute Gasteiger partial charge is 0.353 e. The van der Waals surface area contributed by atoms with E-state index in [4.69, 9.17) is 4.74 Å². The monoisotopic (exact) mass is 382 g/mol. The summed E-state index contributed by atoms with van der Waals surface area (Å²) in [5.74, 6) is -2.36. The molecule has 0 radical (unpaired) electrons. The molecule has 0 bridgehead atoms. The van der Waals surface area contributed by atoms with E-state index in [0.29, 0.717) is 6.29 Å². The van der Waals surface area contributed by atoms with E-state index in [1.54, 1.807) is 6.07 Å². The number of aldehydes is 1.